The third-order valence-corrected chi connectivity index (χ3v) is 2.65. The first kappa shape index (κ1) is 12.1. The molecule has 0 saturated heterocycles. The lowest BCUT2D eigenvalue weighted by atomic mass is 10.2. The van der Waals surface area contributed by atoms with Crippen molar-refractivity contribution in [1.82, 2.24) is 10.3 Å². The van der Waals surface area contributed by atoms with Crippen LogP contribution in [0.15, 0.2) is 22.6 Å². The van der Waals surface area contributed by atoms with Gasteiger partial charge in [-0.25, -0.2) is 4.98 Å². The van der Waals surface area contributed by atoms with Crippen molar-refractivity contribution < 1.29 is 9.52 Å². The molecule has 1 heterocycles. The topological polar surface area (TPSA) is 58.3 Å². The molecule has 0 radical (unpaired) electrons. The van der Waals surface area contributed by atoms with Crippen molar-refractivity contribution in [3.05, 3.63) is 29.7 Å². The normalized spacial score (nSPS) is 11.2. The minimum atomic E-state index is 0.269. The fourth-order valence-electron chi connectivity index (χ4n) is 1.79. The highest BCUT2D eigenvalue weighted by Gasteiger charge is 2.02. The highest BCUT2D eigenvalue weighted by atomic mass is 16.3. The summed E-state index contributed by atoms with van der Waals surface area (Å²) in [5, 5.41) is 12.0. The minimum Gasteiger partial charge on any atom is -0.441 e. The summed E-state index contributed by atoms with van der Waals surface area (Å²) in [5.41, 5.74) is 2.95. The fraction of sp³-hybridized carbons (Fsp3) is 0.462. The number of aliphatic hydroxyl groups excluding tert-OH is 1. The Labute approximate surface area is 101 Å². The van der Waals surface area contributed by atoms with E-state index in [1.807, 2.05) is 19.1 Å². The molecule has 0 spiro atoms. The quantitative estimate of drug-likeness (QED) is 0.750. The standard InChI is InChI=1S/C13H18N2O2/c1-10-15-12-5-4-11(8-13(12)17-10)9-14-6-2-3-7-16/h4-5,8,14,16H,2-3,6-7,9H2,1H3. The molecule has 0 aliphatic rings. The second-order valence-corrected chi connectivity index (χ2v) is 4.14. The molecule has 4 nitrogen and oxygen atoms in total. The summed E-state index contributed by atoms with van der Waals surface area (Å²) in [7, 11) is 0. The molecule has 0 aliphatic heterocycles. The van der Waals surface area contributed by atoms with Crippen LogP contribution >= 0.6 is 0 Å². The Morgan fingerprint density at radius 2 is 2.24 bits per heavy atom. The molecule has 17 heavy (non-hydrogen) atoms. The van der Waals surface area contributed by atoms with Gasteiger partial charge in [0.05, 0.1) is 0 Å². The molecule has 0 bridgehead atoms. The summed E-state index contributed by atoms with van der Waals surface area (Å²) in [6.45, 7) is 3.87. The van der Waals surface area contributed by atoms with Crippen LogP contribution in [-0.2, 0) is 6.54 Å². The number of nitrogens with zero attached hydrogens (tertiary/aromatic N) is 1. The van der Waals surface area contributed by atoms with E-state index in [1.54, 1.807) is 0 Å². The first-order valence-corrected chi connectivity index (χ1v) is 5.97. The van der Waals surface area contributed by atoms with Crippen LogP contribution in [0.3, 0.4) is 0 Å². The monoisotopic (exact) mass is 234 g/mol. The zero-order valence-electron chi connectivity index (χ0n) is 10.1. The second-order valence-electron chi connectivity index (χ2n) is 4.14. The molecule has 0 amide bonds. The predicted octanol–water partition coefficient (Wildman–Crippen LogP) is 2.00. The SMILES string of the molecule is Cc1nc2ccc(CNCCCCO)cc2o1. The lowest BCUT2D eigenvalue weighted by molar-refractivity contribution is 0.283. The molecule has 2 aromatic rings. The van der Waals surface area contributed by atoms with Gasteiger partial charge in [-0.15, -0.1) is 0 Å². The van der Waals surface area contributed by atoms with E-state index in [2.05, 4.69) is 16.4 Å². The lowest BCUT2D eigenvalue weighted by Crippen LogP contribution is -2.14. The van der Waals surface area contributed by atoms with E-state index in [9.17, 15) is 0 Å². The van der Waals surface area contributed by atoms with Crippen molar-refractivity contribution in [3.8, 4) is 0 Å². The van der Waals surface area contributed by atoms with Crippen LogP contribution in [0.1, 0.15) is 24.3 Å². The molecule has 2 rings (SSSR count). The van der Waals surface area contributed by atoms with Crippen molar-refractivity contribution in [2.45, 2.75) is 26.3 Å². The Hall–Kier alpha value is -1.39. The minimum absolute atomic E-state index is 0.269. The van der Waals surface area contributed by atoms with Gasteiger partial charge in [-0.2, -0.15) is 0 Å². The number of benzene rings is 1. The number of hydrogen-bond acceptors (Lipinski definition) is 4. The van der Waals surface area contributed by atoms with Gasteiger partial charge in [0.25, 0.3) is 0 Å². The van der Waals surface area contributed by atoms with E-state index in [-0.39, 0.29) is 6.61 Å². The Morgan fingerprint density at radius 1 is 1.35 bits per heavy atom. The molecule has 0 atom stereocenters. The summed E-state index contributed by atoms with van der Waals surface area (Å²) in [6.07, 6.45) is 1.85. The number of oxazole rings is 1. The Morgan fingerprint density at radius 3 is 3.06 bits per heavy atom. The number of aryl methyl sites for hydroxylation is 1. The van der Waals surface area contributed by atoms with Crippen molar-refractivity contribution in [2.75, 3.05) is 13.2 Å². The van der Waals surface area contributed by atoms with Crippen LogP contribution in [0.4, 0.5) is 0 Å². The Bertz CT molecular complexity index is 479. The number of fused-ring (bicyclic) bond motifs is 1. The van der Waals surface area contributed by atoms with Crippen LogP contribution in [0.5, 0.6) is 0 Å². The highest BCUT2D eigenvalue weighted by Crippen LogP contribution is 2.16. The zero-order chi connectivity index (χ0) is 12.1. The molecule has 1 aromatic carbocycles. The molecule has 0 aliphatic carbocycles. The van der Waals surface area contributed by atoms with Crippen molar-refractivity contribution in [1.29, 1.82) is 0 Å². The third kappa shape index (κ3) is 3.28. The van der Waals surface area contributed by atoms with Gasteiger partial charge in [-0.05, 0) is 37.1 Å². The molecular weight excluding hydrogens is 216 g/mol. The van der Waals surface area contributed by atoms with Gasteiger partial charge in [0.2, 0.25) is 0 Å². The Kier molecular flexibility index (Phi) is 4.12. The van der Waals surface area contributed by atoms with E-state index < -0.39 is 0 Å². The van der Waals surface area contributed by atoms with Gasteiger partial charge in [-0.1, -0.05) is 6.07 Å². The molecule has 4 heteroatoms. The van der Waals surface area contributed by atoms with E-state index in [4.69, 9.17) is 9.52 Å². The predicted molar refractivity (Wildman–Crippen MR) is 66.8 cm³/mol. The van der Waals surface area contributed by atoms with Crippen LogP contribution in [0.2, 0.25) is 0 Å². The molecule has 0 fully saturated rings. The van der Waals surface area contributed by atoms with Crippen molar-refractivity contribution >= 4 is 11.1 Å². The molecule has 0 saturated carbocycles. The van der Waals surface area contributed by atoms with Gasteiger partial charge in [0, 0.05) is 20.1 Å². The van der Waals surface area contributed by atoms with Crippen LogP contribution in [0.25, 0.3) is 11.1 Å². The molecule has 1 aromatic heterocycles. The summed E-state index contributed by atoms with van der Waals surface area (Å²) in [4.78, 5) is 4.26. The molecular formula is C13H18N2O2. The molecule has 92 valence electrons. The van der Waals surface area contributed by atoms with Crippen LogP contribution in [-0.4, -0.2) is 23.2 Å². The number of aliphatic hydroxyl groups is 1. The average molecular weight is 234 g/mol. The first-order valence-electron chi connectivity index (χ1n) is 5.97. The van der Waals surface area contributed by atoms with Gasteiger partial charge in [0.15, 0.2) is 11.5 Å². The van der Waals surface area contributed by atoms with Gasteiger partial charge < -0.3 is 14.8 Å². The van der Waals surface area contributed by atoms with Gasteiger partial charge >= 0.3 is 0 Å². The van der Waals surface area contributed by atoms with Gasteiger partial charge in [-0.3, -0.25) is 0 Å². The maximum atomic E-state index is 8.66. The summed E-state index contributed by atoms with van der Waals surface area (Å²) < 4.78 is 5.48. The number of rotatable bonds is 6. The number of hydrogen-bond donors (Lipinski definition) is 2. The number of unbranched alkanes of at least 4 members (excludes halogenated alkanes) is 1. The van der Waals surface area contributed by atoms with Crippen LogP contribution in [0, 0.1) is 6.92 Å². The van der Waals surface area contributed by atoms with Crippen molar-refractivity contribution in [2.24, 2.45) is 0 Å². The molecule has 2 N–H and O–H groups in total. The zero-order valence-corrected chi connectivity index (χ0v) is 10.1. The van der Waals surface area contributed by atoms with E-state index in [0.717, 1.165) is 37.0 Å². The highest BCUT2D eigenvalue weighted by molar-refractivity contribution is 5.73. The summed E-state index contributed by atoms with van der Waals surface area (Å²) in [5.74, 6) is 0.702. The number of nitrogens with one attached hydrogen (secondary N) is 1. The van der Waals surface area contributed by atoms with E-state index >= 15 is 0 Å². The summed E-state index contributed by atoms with van der Waals surface area (Å²) >= 11 is 0. The smallest absolute Gasteiger partial charge is 0.192 e. The second kappa shape index (κ2) is 5.80. The van der Waals surface area contributed by atoms with E-state index in [1.165, 1.54) is 5.56 Å². The molecule has 0 unspecified atom stereocenters. The third-order valence-electron chi connectivity index (χ3n) is 2.65. The van der Waals surface area contributed by atoms with Crippen LogP contribution < -0.4 is 5.32 Å². The summed E-state index contributed by atoms with van der Waals surface area (Å²) in [6, 6.07) is 6.06. The fourth-order valence-corrected chi connectivity index (χ4v) is 1.79. The van der Waals surface area contributed by atoms with Gasteiger partial charge in [0.1, 0.15) is 5.52 Å². The average Bonchev–Trinajstić information content (AvgIpc) is 2.68. The van der Waals surface area contributed by atoms with E-state index in [0.29, 0.717) is 5.89 Å². The maximum absolute atomic E-state index is 8.66. The lowest BCUT2D eigenvalue weighted by Gasteiger charge is -2.03. The number of aromatic nitrogens is 1. The maximum Gasteiger partial charge on any atom is 0.192 e. The largest absolute Gasteiger partial charge is 0.441 e. The first-order chi connectivity index (χ1) is 8.29. The Balaban J connectivity index is 1.90. The van der Waals surface area contributed by atoms with Crippen molar-refractivity contribution in [3.63, 3.8) is 0 Å².